The van der Waals surface area contributed by atoms with Crippen molar-refractivity contribution in [2.45, 2.75) is 40.0 Å². The molecule has 0 bridgehead atoms. The molecule has 0 aromatic heterocycles. The van der Waals surface area contributed by atoms with Gasteiger partial charge in [-0.25, -0.2) is 0 Å². The molecular weight excluding hydrogens is 352 g/mol. The molecule has 0 radical (unpaired) electrons. The van der Waals surface area contributed by atoms with E-state index in [2.05, 4.69) is 18.4 Å². The molecule has 0 heterocycles. The molecule has 0 amide bonds. The number of ether oxygens (including phenoxy) is 1. The van der Waals surface area contributed by atoms with Crippen LogP contribution in [-0.2, 0) is 19.1 Å². The summed E-state index contributed by atoms with van der Waals surface area (Å²) in [6.07, 6.45) is 0.471. The number of Topliss-reactive ketones (excluding diaryl/α,β-unsaturated/α-hetero) is 2. The van der Waals surface area contributed by atoms with Crippen molar-refractivity contribution in [1.29, 1.82) is 0 Å². The first-order valence-corrected chi connectivity index (χ1v) is 9.54. The summed E-state index contributed by atoms with van der Waals surface area (Å²) in [6, 6.07) is 9.23. The maximum absolute atomic E-state index is 12.9. The van der Waals surface area contributed by atoms with Crippen LogP contribution in [0.25, 0.3) is 0 Å². The van der Waals surface area contributed by atoms with E-state index in [9.17, 15) is 14.4 Å². The molecule has 0 spiro atoms. The minimum absolute atomic E-state index is 0.0415. The van der Waals surface area contributed by atoms with Gasteiger partial charge in [-0.15, -0.1) is 0 Å². The molecule has 1 aliphatic rings. The quantitative estimate of drug-likeness (QED) is 0.530. The Kier molecular flexibility index (Phi) is 7.52. The van der Waals surface area contributed by atoms with Crippen LogP contribution in [0.3, 0.4) is 0 Å². The minimum atomic E-state index is -0.493. The van der Waals surface area contributed by atoms with Gasteiger partial charge in [-0.3, -0.25) is 14.4 Å². The Bertz CT molecular complexity index is 863. The number of esters is 1. The Labute approximate surface area is 166 Å². The summed E-state index contributed by atoms with van der Waals surface area (Å²) in [5.41, 5.74) is 2.69. The zero-order valence-electron chi connectivity index (χ0n) is 16.7. The highest BCUT2D eigenvalue weighted by atomic mass is 16.5. The standard InChI is InChI=1S/C24H26O4/c1-5-28-22(26)15-19-13-20(24(27)23(19)17(4)16(2)3)14-21(25)12-11-18-9-7-6-8-10-18/h6-10,16,20H,4-5,13-15H2,1-3H3. The second-order valence-corrected chi connectivity index (χ2v) is 7.15. The van der Waals surface area contributed by atoms with E-state index in [1.165, 1.54) is 0 Å². The average Bonchev–Trinajstić information content (AvgIpc) is 2.95. The summed E-state index contributed by atoms with van der Waals surface area (Å²) >= 11 is 0. The molecule has 0 N–H and O–H groups in total. The molecule has 1 atom stereocenters. The summed E-state index contributed by atoms with van der Waals surface area (Å²) < 4.78 is 5.03. The van der Waals surface area contributed by atoms with Crippen molar-refractivity contribution < 1.29 is 19.1 Å². The van der Waals surface area contributed by atoms with E-state index in [4.69, 9.17) is 4.74 Å². The summed E-state index contributed by atoms with van der Waals surface area (Å²) in [5, 5.41) is 0. The summed E-state index contributed by atoms with van der Waals surface area (Å²) in [7, 11) is 0. The van der Waals surface area contributed by atoms with Crippen LogP contribution >= 0.6 is 0 Å². The van der Waals surface area contributed by atoms with E-state index in [0.29, 0.717) is 17.6 Å². The van der Waals surface area contributed by atoms with E-state index < -0.39 is 5.92 Å². The van der Waals surface area contributed by atoms with Gasteiger partial charge in [0.1, 0.15) is 0 Å². The van der Waals surface area contributed by atoms with Crippen LogP contribution in [0.2, 0.25) is 0 Å². The van der Waals surface area contributed by atoms with Crippen molar-refractivity contribution in [2.24, 2.45) is 11.8 Å². The van der Waals surface area contributed by atoms with Gasteiger partial charge in [-0.05, 0) is 48.5 Å². The Hall–Kier alpha value is -2.93. The number of carbonyl (C=O) groups excluding carboxylic acids is 3. The first kappa shape index (κ1) is 21.4. The van der Waals surface area contributed by atoms with Crippen LogP contribution in [0.1, 0.15) is 45.6 Å². The molecule has 1 aromatic carbocycles. The highest BCUT2D eigenvalue weighted by Gasteiger charge is 2.36. The van der Waals surface area contributed by atoms with Crippen LogP contribution in [0, 0.1) is 23.7 Å². The number of ketones is 2. The number of benzene rings is 1. The minimum Gasteiger partial charge on any atom is -0.466 e. The van der Waals surface area contributed by atoms with Crippen LogP contribution in [0.5, 0.6) is 0 Å². The highest BCUT2D eigenvalue weighted by molar-refractivity contribution is 6.08. The van der Waals surface area contributed by atoms with Gasteiger partial charge in [0.25, 0.3) is 0 Å². The Morgan fingerprint density at radius 3 is 2.54 bits per heavy atom. The van der Waals surface area contributed by atoms with E-state index in [0.717, 1.165) is 11.1 Å². The third kappa shape index (κ3) is 5.53. The first-order chi connectivity index (χ1) is 13.3. The van der Waals surface area contributed by atoms with Gasteiger partial charge in [-0.2, -0.15) is 0 Å². The smallest absolute Gasteiger partial charge is 0.309 e. The molecule has 0 fully saturated rings. The fourth-order valence-electron chi connectivity index (χ4n) is 3.19. The second kappa shape index (κ2) is 9.85. The summed E-state index contributed by atoms with van der Waals surface area (Å²) in [6.45, 7) is 9.97. The van der Waals surface area contributed by atoms with E-state index >= 15 is 0 Å². The van der Waals surface area contributed by atoms with E-state index in [-0.39, 0.29) is 42.9 Å². The van der Waals surface area contributed by atoms with Gasteiger partial charge in [0.05, 0.1) is 13.0 Å². The average molecular weight is 378 g/mol. The fourth-order valence-corrected chi connectivity index (χ4v) is 3.19. The predicted molar refractivity (Wildman–Crippen MR) is 108 cm³/mol. The largest absolute Gasteiger partial charge is 0.466 e. The molecule has 2 rings (SSSR count). The Morgan fingerprint density at radius 2 is 1.93 bits per heavy atom. The number of hydrogen-bond acceptors (Lipinski definition) is 4. The van der Waals surface area contributed by atoms with Crippen molar-refractivity contribution in [1.82, 2.24) is 0 Å². The van der Waals surface area contributed by atoms with Crippen LogP contribution in [0.4, 0.5) is 0 Å². The molecule has 4 heteroatoms. The third-order valence-electron chi connectivity index (χ3n) is 4.70. The van der Waals surface area contributed by atoms with E-state index in [1.807, 2.05) is 44.2 Å². The first-order valence-electron chi connectivity index (χ1n) is 9.54. The molecule has 0 saturated carbocycles. The molecule has 146 valence electrons. The topological polar surface area (TPSA) is 60.4 Å². The summed E-state index contributed by atoms with van der Waals surface area (Å²) in [5.74, 6) is 4.26. The number of rotatable bonds is 7. The monoisotopic (exact) mass is 378 g/mol. The molecule has 1 aliphatic carbocycles. The lowest BCUT2D eigenvalue weighted by Gasteiger charge is -2.13. The maximum atomic E-state index is 12.9. The highest BCUT2D eigenvalue weighted by Crippen LogP contribution is 2.38. The molecule has 4 nitrogen and oxygen atoms in total. The van der Waals surface area contributed by atoms with Crippen LogP contribution < -0.4 is 0 Å². The Balaban J connectivity index is 2.14. The Morgan fingerprint density at radius 1 is 1.25 bits per heavy atom. The third-order valence-corrected chi connectivity index (χ3v) is 4.70. The fraction of sp³-hybridized carbons (Fsp3) is 0.375. The normalized spacial score (nSPS) is 16.0. The predicted octanol–water partition coefficient (Wildman–Crippen LogP) is 4.05. The molecule has 0 aliphatic heterocycles. The van der Waals surface area contributed by atoms with Gasteiger partial charge in [-0.1, -0.05) is 44.5 Å². The number of carbonyl (C=O) groups is 3. The van der Waals surface area contributed by atoms with Crippen LogP contribution in [0.15, 0.2) is 53.6 Å². The van der Waals surface area contributed by atoms with Crippen molar-refractivity contribution in [2.75, 3.05) is 6.61 Å². The van der Waals surface area contributed by atoms with Crippen molar-refractivity contribution in [3.05, 3.63) is 59.2 Å². The van der Waals surface area contributed by atoms with Crippen molar-refractivity contribution >= 4 is 17.5 Å². The molecular formula is C24H26O4. The number of allylic oxidation sites excluding steroid dienone is 2. The lowest BCUT2D eigenvalue weighted by molar-refractivity contribution is -0.142. The van der Waals surface area contributed by atoms with Gasteiger partial charge in [0.15, 0.2) is 5.78 Å². The van der Waals surface area contributed by atoms with Gasteiger partial charge < -0.3 is 4.74 Å². The maximum Gasteiger partial charge on any atom is 0.309 e. The zero-order valence-corrected chi connectivity index (χ0v) is 16.7. The SMILES string of the molecule is C=C(C1=C(CC(=O)OCC)CC(CC(=O)C#Cc2ccccc2)C1=O)C(C)C. The van der Waals surface area contributed by atoms with Gasteiger partial charge >= 0.3 is 5.97 Å². The lowest BCUT2D eigenvalue weighted by Crippen LogP contribution is -2.16. The number of hydrogen-bond donors (Lipinski definition) is 0. The van der Waals surface area contributed by atoms with Crippen molar-refractivity contribution in [3.63, 3.8) is 0 Å². The lowest BCUT2D eigenvalue weighted by atomic mass is 9.91. The van der Waals surface area contributed by atoms with Crippen molar-refractivity contribution in [3.8, 4) is 11.8 Å². The molecule has 1 aromatic rings. The van der Waals surface area contributed by atoms with Crippen LogP contribution in [-0.4, -0.2) is 24.1 Å². The zero-order chi connectivity index (χ0) is 20.7. The molecule has 0 saturated heterocycles. The van der Waals surface area contributed by atoms with E-state index in [1.54, 1.807) is 6.92 Å². The summed E-state index contributed by atoms with van der Waals surface area (Å²) in [4.78, 5) is 37.2. The molecule has 28 heavy (non-hydrogen) atoms. The second-order valence-electron chi connectivity index (χ2n) is 7.15. The van der Waals surface area contributed by atoms with Gasteiger partial charge in [0, 0.05) is 23.5 Å². The molecule has 1 unspecified atom stereocenters. The van der Waals surface area contributed by atoms with Gasteiger partial charge in [0.2, 0.25) is 5.78 Å².